The van der Waals surface area contributed by atoms with Crippen LogP contribution in [-0.2, 0) is 0 Å². The van der Waals surface area contributed by atoms with Gasteiger partial charge in [0.25, 0.3) is 0 Å². The molecule has 0 spiro atoms. The van der Waals surface area contributed by atoms with E-state index in [9.17, 15) is 4.39 Å². The number of ether oxygens (including phenoxy) is 1. The van der Waals surface area contributed by atoms with Gasteiger partial charge in [-0.1, -0.05) is 30.3 Å². The molecule has 0 fully saturated rings. The highest BCUT2D eigenvalue weighted by Crippen LogP contribution is 2.24. The molecule has 0 amide bonds. The molecule has 28 heavy (non-hydrogen) atoms. The van der Waals surface area contributed by atoms with Gasteiger partial charge in [0.1, 0.15) is 11.6 Å². The minimum absolute atomic E-state index is 0. The van der Waals surface area contributed by atoms with Gasteiger partial charge >= 0.3 is 0 Å². The van der Waals surface area contributed by atoms with Crippen molar-refractivity contribution in [3.8, 4) is 5.75 Å². The van der Waals surface area contributed by atoms with Crippen LogP contribution in [0, 0.1) is 5.82 Å². The average Bonchev–Trinajstić information content (AvgIpc) is 2.67. The summed E-state index contributed by atoms with van der Waals surface area (Å²) in [7, 11) is 1.68. The number of nitrogens with two attached hydrogens (primary N) is 1. The van der Waals surface area contributed by atoms with Crippen LogP contribution in [0.25, 0.3) is 10.8 Å². The largest absolute Gasteiger partial charge is 0.497 e. The van der Waals surface area contributed by atoms with E-state index in [0.29, 0.717) is 0 Å². The molecule has 0 saturated heterocycles. The van der Waals surface area contributed by atoms with Crippen molar-refractivity contribution in [3.63, 3.8) is 0 Å². The highest BCUT2D eigenvalue weighted by molar-refractivity contribution is 5.86. The molecule has 0 aromatic heterocycles. The molecule has 3 aromatic rings. The van der Waals surface area contributed by atoms with Crippen molar-refractivity contribution in [2.75, 3.05) is 13.7 Å². The molecule has 0 heterocycles. The second-order valence-electron chi connectivity index (χ2n) is 6.60. The van der Waals surface area contributed by atoms with Crippen LogP contribution in [0.4, 0.5) is 4.39 Å². The fourth-order valence-corrected chi connectivity index (χ4v) is 3.09. The topological polar surface area (TPSA) is 47.3 Å². The maximum atomic E-state index is 13.0. The van der Waals surface area contributed by atoms with Crippen molar-refractivity contribution >= 4 is 35.6 Å². The number of hydrogen-bond donors (Lipinski definition) is 2. The molecule has 0 aliphatic heterocycles. The Morgan fingerprint density at radius 1 is 0.929 bits per heavy atom. The molecule has 0 saturated carbocycles. The Balaban J connectivity index is 0.00000196. The lowest BCUT2D eigenvalue weighted by Gasteiger charge is -2.17. The SMILES string of the molecule is COc1ccc2cc(C(C)NCCC(N)c3ccc(F)cc3)ccc2c1.Cl.Cl. The Bertz CT molecular complexity index is 874. The van der Waals surface area contributed by atoms with Crippen molar-refractivity contribution in [1.29, 1.82) is 0 Å². The van der Waals surface area contributed by atoms with Gasteiger partial charge in [-0.2, -0.15) is 0 Å². The number of benzene rings is 3. The first-order valence-corrected chi connectivity index (χ1v) is 8.89. The van der Waals surface area contributed by atoms with Crippen LogP contribution in [-0.4, -0.2) is 13.7 Å². The third-order valence-corrected chi connectivity index (χ3v) is 4.78. The highest BCUT2D eigenvalue weighted by Gasteiger charge is 2.09. The van der Waals surface area contributed by atoms with E-state index in [1.165, 1.54) is 28.5 Å². The standard InChI is InChI=1S/C22H25FN2O.2ClH/c1-15(25-12-11-22(24)16-5-8-20(23)9-6-16)17-3-4-19-14-21(26-2)10-7-18(19)13-17;;/h3-10,13-15,22,25H,11-12,24H2,1-2H3;2*1H. The molecule has 152 valence electrons. The molecule has 3 nitrogen and oxygen atoms in total. The number of hydrogen-bond acceptors (Lipinski definition) is 3. The lowest BCUT2D eigenvalue weighted by molar-refractivity contribution is 0.415. The van der Waals surface area contributed by atoms with Gasteiger partial charge < -0.3 is 15.8 Å². The Kier molecular flexibility index (Phi) is 9.70. The van der Waals surface area contributed by atoms with E-state index in [0.717, 1.165) is 24.3 Å². The van der Waals surface area contributed by atoms with E-state index >= 15 is 0 Å². The molecule has 6 heteroatoms. The number of halogens is 3. The second-order valence-corrected chi connectivity index (χ2v) is 6.60. The van der Waals surface area contributed by atoms with Crippen LogP contribution >= 0.6 is 24.8 Å². The summed E-state index contributed by atoms with van der Waals surface area (Å²) >= 11 is 0. The van der Waals surface area contributed by atoms with Crippen molar-refractivity contribution in [1.82, 2.24) is 5.32 Å². The van der Waals surface area contributed by atoms with Crippen LogP contribution in [0.2, 0.25) is 0 Å². The fourth-order valence-electron chi connectivity index (χ4n) is 3.09. The van der Waals surface area contributed by atoms with Gasteiger partial charge in [0.2, 0.25) is 0 Å². The van der Waals surface area contributed by atoms with Gasteiger partial charge in [-0.15, -0.1) is 24.8 Å². The van der Waals surface area contributed by atoms with Crippen LogP contribution in [0.3, 0.4) is 0 Å². The first kappa shape index (κ1) is 24.2. The molecule has 0 aliphatic carbocycles. The lowest BCUT2D eigenvalue weighted by atomic mass is 10.0. The van der Waals surface area contributed by atoms with Crippen LogP contribution in [0.1, 0.15) is 36.6 Å². The molecule has 3 rings (SSSR count). The zero-order valence-electron chi connectivity index (χ0n) is 16.0. The van der Waals surface area contributed by atoms with Crippen LogP contribution in [0.15, 0.2) is 60.7 Å². The Morgan fingerprint density at radius 2 is 1.54 bits per heavy atom. The van der Waals surface area contributed by atoms with Gasteiger partial charge in [0.05, 0.1) is 7.11 Å². The molecule has 2 unspecified atom stereocenters. The number of rotatable bonds is 7. The molecular weight excluding hydrogens is 398 g/mol. The monoisotopic (exact) mass is 424 g/mol. The van der Waals surface area contributed by atoms with Gasteiger partial charge in [0, 0.05) is 12.1 Å². The molecular formula is C22H27Cl2FN2O. The zero-order valence-corrected chi connectivity index (χ0v) is 17.7. The van der Waals surface area contributed by atoms with Gasteiger partial charge in [-0.25, -0.2) is 4.39 Å². The molecule has 3 aromatic carbocycles. The van der Waals surface area contributed by atoms with E-state index in [-0.39, 0.29) is 42.7 Å². The van der Waals surface area contributed by atoms with Gasteiger partial charge in [0.15, 0.2) is 0 Å². The molecule has 0 aliphatic rings. The third kappa shape index (κ3) is 6.08. The maximum absolute atomic E-state index is 13.0. The summed E-state index contributed by atoms with van der Waals surface area (Å²) in [6, 6.07) is 19.1. The summed E-state index contributed by atoms with van der Waals surface area (Å²) in [4.78, 5) is 0. The summed E-state index contributed by atoms with van der Waals surface area (Å²) in [5.74, 6) is 0.632. The Labute approximate surface area is 178 Å². The first-order valence-electron chi connectivity index (χ1n) is 8.89. The third-order valence-electron chi connectivity index (χ3n) is 4.78. The van der Waals surface area contributed by atoms with E-state index in [1.54, 1.807) is 19.2 Å². The summed E-state index contributed by atoms with van der Waals surface area (Å²) in [6.45, 7) is 2.94. The lowest BCUT2D eigenvalue weighted by Crippen LogP contribution is -2.23. The number of nitrogens with one attached hydrogen (secondary N) is 1. The van der Waals surface area contributed by atoms with E-state index in [2.05, 4.69) is 36.5 Å². The number of fused-ring (bicyclic) bond motifs is 1. The van der Waals surface area contributed by atoms with Crippen molar-refractivity contribution in [2.45, 2.75) is 25.4 Å². The summed E-state index contributed by atoms with van der Waals surface area (Å²) in [6.07, 6.45) is 0.792. The predicted molar refractivity (Wildman–Crippen MR) is 119 cm³/mol. The molecule has 0 radical (unpaired) electrons. The van der Waals surface area contributed by atoms with E-state index < -0.39 is 0 Å². The van der Waals surface area contributed by atoms with Crippen molar-refractivity contribution < 1.29 is 9.13 Å². The number of methoxy groups -OCH3 is 1. The average molecular weight is 425 g/mol. The quantitative estimate of drug-likeness (QED) is 0.520. The minimum atomic E-state index is -0.235. The molecule has 0 bridgehead atoms. The van der Waals surface area contributed by atoms with E-state index in [1.807, 2.05) is 12.1 Å². The normalized spacial score (nSPS) is 12.6. The molecule has 2 atom stereocenters. The highest BCUT2D eigenvalue weighted by atomic mass is 35.5. The molecule has 3 N–H and O–H groups in total. The zero-order chi connectivity index (χ0) is 18.5. The van der Waals surface area contributed by atoms with E-state index in [4.69, 9.17) is 10.5 Å². The Hall–Kier alpha value is -1.85. The summed E-state index contributed by atoms with van der Waals surface area (Å²) < 4.78 is 18.3. The fraction of sp³-hybridized carbons (Fsp3) is 0.273. The minimum Gasteiger partial charge on any atom is -0.497 e. The van der Waals surface area contributed by atoms with Gasteiger partial charge in [-0.3, -0.25) is 0 Å². The van der Waals surface area contributed by atoms with Crippen LogP contribution in [0.5, 0.6) is 5.75 Å². The maximum Gasteiger partial charge on any atom is 0.123 e. The predicted octanol–water partition coefficient (Wildman–Crippen LogP) is 5.57. The summed E-state index contributed by atoms with van der Waals surface area (Å²) in [5.41, 5.74) is 8.39. The van der Waals surface area contributed by atoms with Crippen molar-refractivity contribution in [2.24, 2.45) is 5.73 Å². The van der Waals surface area contributed by atoms with Crippen molar-refractivity contribution in [3.05, 3.63) is 77.6 Å². The second kappa shape index (κ2) is 11.2. The Morgan fingerprint density at radius 3 is 2.21 bits per heavy atom. The van der Waals surface area contributed by atoms with Gasteiger partial charge in [-0.05, 0) is 72.1 Å². The van der Waals surface area contributed by atoms with Crippen LogP contribution < -0.4 is 15.8 Å². The first-order chi connectivity index (χ1) is 12.6. The summed E-state index contributed by atoms with van der Waals surface area (Å²) in [5, 5.41) is 5.88. The smallest absolute Gasteiger partial charge is 0.123 e.